The summed E-state index contributed by atoms with van der Waals surface area (Å²) >= 11 is 0. The largest absolute Gasteiger partial charge is 0.497 e. The van der Waals surface area contributed by atoms with E-state index in [1.807, 2.05) is 46.2 Å². The van der Waals surface area contributed by atoms with Crippen LogP contribution < -0.4 is 10.1 Å². The first-order chi connectivity index (χ1) is 15.0. The van der Waals surface area contributed by atoms with Crippen molar-refractivity contribution in [2.75, 3.05) is 45.2 Å². The molecular weight excluding hydrogens is 397 g/mol. The number of rotatable bonds is 5. The summed E-state index contributed by atoms with van der Waals surface area (Å²) in [6.07, 6.45) is 0. The number of hydrogen-bond acceptors (Lipinski definition) is 4. The molecule has 1 N–H and O–H groups in total. The number of carbonyl (C=O) groups is 2. The number of methoxy groups -OCH3 is 1. The molecule has 0 radical (unpaired) electrons. The lowest BCUT2D eigenvalue weighted by Crippen LogP contribution is -2.50. The summed E-state index contributed by atoms with van der Waals surface area (Å²) in [7, 11) is 1.63. The highest BCUT2D eigenvalue weighted by Crippen LogP contribution is 2.22. The molecule has 31 heavy (non-hydrogen) atoms. The number of anilines is 1. The first-order valence-electron chi connectivity index (χ1n) is 10.2. The maximum Gasteiger partial charge on any atom is 0.253 e. The maximum atomic E-state index is 13.3. The fraction of sp³-hybridized carbons (Fsp3) is 0.250. The summed E-state index contributed by atoms with van der Waals surface area (Å²) in [5.74, 6) is 0.179. The molecule has 0 unspecified atom stereocenters. The highest BCUT2D eigenvalue weighted by molar-refractivity contribution is 5.99. The molecule has 0 spiro atoms. The highest BCUT2D eigenvalue weighted by Gasteiger charge is 2.23. The van der Waals surface area contributed by atoms with Gasteiger partial charge in [0.25, 0.3) is 5.91 Å². The van der Waals surface area contributed by atoms with E-state index < -0.39 is 5.82 Å². The Hall–Kier alpha value is -3.45. The number of carbonyl (C=O) groups excluding carboxylic acids is 2. The number of halogens is 1. The third-order valence-electron chi connectivity index (χ3n) is 5.43. The first-order valence-corrected chi connectivity index (χ1v) is 10.2. The van der Waals surface area contributed by atoms with Gasteiger partial charge in [-0.2, -0.15) is 0 Å². The van der Waals surface area contributed by atoms with Crippen LogP contribution in [0.2, 0.25) is 0 Å². The smallest absolute Gasteiger partial charge is 0.253 e. The number of fused-ring (bicyclic) bond motifs is 1. The Morgan fingerprint density at radius 3 is 2.45 bits per heavy atom. The van der Waals surface area contributed by atoms with Crippen molar-refractivity contribution in [3.8, 4) is 5.75 Å². The SMILES string of the molecule is COc1ccc2cc(C(=O)N3CCN(CC(=O)Nc4cccc(F)c4)CC3)ccc2c1. The van der Waals surface area contributed by atoms with Crippen molar-refractivity contribution in [1.82, 2.24) is 9.80 Å². The predicted molar refractivity (Wildman–Crippen MR) is 118 cm³/mol. The van der Waals surface area contributed by atoms with E-state index in [1.165, 1.54) is 12.1 Å². The molecule has 1 saturated heterocycles. The molecule has 160 valence electrons. The first kappa shape index (κ1) is 20.8. The van der Waals surface area contributed by atoms with Crippen LogP contribution in [0.3, 0.4) is 0 Å². The topological polar surface area (TPSA) is 61.9 Å². The molecule has 0 aliphatic carbocycles. The molecular formula is C24H24FN3O3. The second-order valence-electron chi connectivity index (χ2n) is 7.55. The van der Waals surface area contributed by atoms with Crippen LogP contribution in [0.25, 0.3) is 10.8 Å². The van der Waals surface area contributed by atoms with E-state index in [9.17, 15) is 14.0 Å². The Kier molecular flexibility index (Phi) is 6.13. The van der Waals surface area contributed by atoms with Crippen LogP contribution in [0.1, 0.15) is 10.4 Å². The fourth-order valence-corrected chi connectivity index (χ4v) is 3.75. The fourth-order valence-electron chi connectivity index (χ4n) is 3.75. The number of nitrogens with zero attached hydrogens (tertiary/aromatic N) is 2. The normalized spacial score (nSPS) is 14.5. The van der Waals surface area contributed by atoms with Gasteiger partial charge in [-0.1, -0.05) is 18.2 Å². The average molecular weight is 421 g/mol. The lowest BCUT2D eigenvalue weighted by molar-refractivity contribution is -0.117. The Labute approximate surface area is 180 Å². The zero-order valence-electron chi connectivity index (χ0n) is 17.3. The highest BCUT2D eigenvalue weighted by atomic mass is 19.1. The van der Waals surface area contributed by atoms with Crippen molar-refractivity contribution >= 4 is 28.3 Å². The quantitative estimate of drug-likeness (QED) is 0.686. The second kappa shape index (κ2) is 9.14. The third-order valence-corrected chi connectivity index (χ3v) is 5.43. The van der Waals surface area contributed by atoms with E-state index in [4.69, 9.17) is 4.74 Å². The van der Waals surface area contributed by atoms with Crippen molar-refractivity contribution in [3.63, 3.8) is 0 Å². The van der Waals surface area contributed by atoms with Gasteiger partial charge in [-0.05, 0) is 53.2 Å². The van der Waals surface area contributed by atoms with Gasteiger partial charge in [-0.15, -0.1) is 0 Å². The molecule has 3 aromatic carbocycles. The van der Waals surface area contributed by atoms with E-state index in [2.05, 4.69) is 5.32 Å². The molecule has 0 bridgehead atoms. The lowest BCUT2D eigenvalue weighted by Gasteiger charge is -2.34. The van der Waals surface area contributed by atoms with Gasteiger partial charge in [0.2, 0.25) is 5.91 Å². The molecule has 1 aliphatic heterocycles. The standard InChI is InChI=1S/C24H24FN3O3/c1-31-22-8-7-17-13-19(6-5-18(17)14-22)24(30)28-11-9-27(10-12-28)16-23(29)26-21-4-2-3-20(25)15-21/h2-8,13-15H,9-12,16H2,1H3,(H,26,29). The molecule has 4 rings (SSSR count). The maximum absolute atomic E-state index is 13.3. The minimum absolute atomic E-state index is 0.0124. The minimum atomic E-state index is -0.391. The van der Waals surface area contributed by atoms with Gasteiger partial charge >= 0.3 is 0 Å². The summed E-state index contributed by atoms with van der Waals surface area (Å²) < 4.78 is 18.5. The Bertz CT molecular complexity index is 1110. The predicted octanol–water partition coefficient (Wildman–Crippen LogP) is 3.38. The van der Waals surface area contributed by atoms with E-state index >= 15 is 0 Å². The number of amides is 2. The van der Waals surface area contributed by atoms with Crippen molar-refractivity contribution in [2.45, 2.75) is 0 Å². The summed E-state index contributed by atoms with van der Waals surface area (Å²) in [4.78, 5) is 29.0. The molecule has 7 heteroatoms. The number of hydrogen-bond donors (Lipinski definition) is 1. The number of piperazine rings is 1. The molecule has 6 nitrogen and oxygen atoms in total. The van der Waals surface area contributed by atoms with Gasteiger partial charge < -0.3 is 15.0 Å². The summed E-state index contributed by atoms with van der Waals surface area (Å²) in [5.41, 5.74) is 1.09. The molecule has 1 fully saturated rings. The van der Waals surface area contributed by atoms with Gasteiger partial charge in [-0.25, -0.2) is 4.39 Å². The summed E-state index contributed by atoms with van der Waals surface area (Å²) in [6, 6.07) is 17.3. The second-order valence-corrected chi connectivity index (χ2v) is 7.55. The van der Waals surface area contributed by atoms with Crippen LogP contribution in [0.15, 0.2) is 60.7 Å². The van der Waals surface area contributed by atoms with Crippen LogP contribution in [-0.2, 0) is 4.79 Å². The van der Waals surface area contributed by atoms with Crippen molar-refractivity contribution in [3.05, 3.63) is 72.0 Å². The van der Waals surface area contributed by atoms with Crippen LogP contribution in [0.4, 0.5) is 10.1 Å². The average Bonchev–Trinajstić information content (AvgIpc) is 2.78. The Morgan fingerprint density at radius 2 is 1.71 bits per heavy atom. The third kappa shape index (κ3) is 5.00. The van der Waals surface area contributed by atoms with Gasteiger partial charge in [0, 0.05) is 37.4 Å². The van der Waals surface area contributed by atoms with Crippen molar-refractivity contribution in [1.29, 1.82) is 0 Å². The van der Waals surface area contributed by atoms with Crippen LogP contribution in [0, 0.1) is 5.82 Å². The van der Waals surface area contributed by atoms with Crippen LogP contribution >= 0.6 is 0 Å². The zero-order valence-corrected chi connectivity index (χ0v) is 17.3. The minimum Gasteiger partial charge on any atom is -0.497 e. The monoisotopic (exact) mass is 421 g/mol. The molecule has 0 saturated carbocycles. The lowest BCUT2D eigenvalue weighted by atomic mass is 10.1. The zero-order chi connectivity index (χ0) is 21.8. The van der Waals surface area contributed by atoms with E-state index in [0.717, 1.165) is 16.5 Å². The Balaban J connectivity index is 1.32. The van der Waals surface area contributed by atoms with Crippen LogP contribution in [-0.4, -0.2) is 61.4 Å². The molecule has 0 aromatic heterocycles. The molecule has 1 aliphatic rings. The summed E-state index contributed by atoms with van der Waals surface area (Å²) in [5, 5.41) is 4.71. The summed E-state index contributed by atoms with van der Waals surface area (Å²) in [6.45, 7) is 2.51. The van der Waals surface area contributed by atoms with Crippen LogP contribution in [0.5, 0.6) is 5.75 Å². The molecule has 2 amide bonds. The van der Waals surface area contributed by atoms with E-state index in [-0.39, 0.29) is 18.4 Å². The number of nitrogens with one attached hydrogen (secondary N) is 1. The van der Waals surface area contributed by atoms with Gasteiger partial charge in [-0.3, -0.25) is 14.5 Å². The van der Waals surface area contributed by atoms with Crippen molar-refractivity contribution < 1.29 is 18.7 Å². The van der Waals surface area contributed by atoms with Gasteiger partial charge in [0.05, 0.1) is 13.7 Å². The number of ether oxygens (including phenoxy) is 1. The van der Waals surface area contributed by atoms with E-state index in [1.54, 1.807) is 19.2 Å². The molecule has 1 heterocycles. The molecule has 0 atom stereocenters. The van der Waals surface area contributed by atoms with Gasteiger partial charge in [0.1, 0.15) is 11.6 Å². The molecule has 3 aromatic rings. The van der Waals surface area contributed by atoms with Crippen molar-refractivity contribution in [2.24, 2.45) is 0 Å². The Morgan fingerprint density at radius 1 is 0.968 bits per heavy atom. The number of benzene rings is 3. The van der Waals surface area contributed by atoms with E-state index in [0.29, 0.717) is 37.4 Å². The van der Waals surface area contributed by atoms with Gasteiger partial charge in [0.15, 0.2) is 0 Å².